The molecule has 1 aliphatic rings. The standard InChI is InChI=1S/C24H20F3N5O3/c1-15-14-31-21(20(13-29-31)22(33)30-17-4-2-3-16(11-17)12-28)23(34)32(15)18-5-7-19(8-6-18)35-10-9-24(25,26)27/h2-8,11,13,15H,9-10,14H2,1H3,(H,30,33)/t15-/m0/s1. The molecule has 2 amide bonds. The SMILES string of the molecule is C[C@H]1Cn2ncc(C(=O)Nc3cccc(C#N)c3)c2C(=O)N1c1ccc(OCCC(F)(F)F)cc1. The Morgan fingerprint density at radius 1 is 1.26 bits per heavy atom. The van der Waals surface area contributed by atoms with E-state index in [1.165, 1.54) is 34.0 Å². The van der Waals surface area contributed by atoms with Gasteiger partial charge in [-0.2, -0.15) is 23.5 Å². The molecule has 2 aromatic carbocycles. The fourth-order valence-electron chi connectivity index (χ4n) is 3.79. The van der Waals surface area contributed by atoms with Crippen molar-refractivity contribution in [2.45, 2.75) is 32.1 Å². The van der Waals surface area contributed by atoms with E-state index in [0.717, 1.165) is 0 Å². The van der Waals surface area contributed by atoms with Crippen LogP contribution in [0.3, 0.4) is 0 Å². The average molecular weight is 483 g/mol. The molecule has 0 saturated carbocycles. The van der Waals surface area contributed by atoms with E-state index in [1.54, 1.807) is 30.3 Å². The molecule has 0 aliphatic carbocycles. The fraction of sp³-hybridized carbons (Fsp3) is 0.250. The zero-order chi connectivity index (χ0) is 25.2. The highest BCUT2D eigenvalue weighted by atomic mass is 19.4. The maximum atomic E-state index is 13.4. The van der Waals surface area contributed by atoms with Crippen LogP contribution in [0.15, 0.2) is 54.7 Å². The molecule has 0 unspecified atom stereocenters. The number of carbonyl (C=O) groups is 2. The second-order valence-electron chi connectivity index (χ2n) is 7.97. The van der Waals surface area contributed by atoms with Crippen molar-refractivity contribution < 1.29 is 27.5 Å². The summed E-state index contributed by atoms with van der Waals surface area (Å²) in [4.78, 5) is 27.8. The number of benzene rings is 2. The summed E-state index contributed by atoms with van der Waals surface area (Å²) >= 11 is 0. The number of anilines is 2. The first-order chi connectivity index (χ1) is 16.7. The monoisotopic (exact) mass is 483 g/mol. The van der Waals surface area contributed by atoms with Crippen LogP contribution in [-0.2, 0) is 6.54 Å². The Hall–Kier alpha value is -4.33. The molecule has 1 aromatic heterocycles. The molecular weight excluding hydrogens is 463 g/mol. The molecule has 4 rings (SSSR count). The number of fused-ring (bicyclic) bond motifs is 1. The minimum atomic E-state index is -4.30. The zero-order valence-corrected chi connectivity index (χ0v) is 18.5. The van der Waals surface area contributed by atoms with E-state index in [4.69, 9.17) is 10.00 Å². The van der Waals surface area contributed by atoms with Gasteiger partial charge in [-0.15, -0.1) is 0 Å². The predicted molar refractivity (Wildman–Crippen MR) is 120 cm³/mol. The molecule has 35 heavy (non-hydrogen) atoms. The number of amides is 2. The van der Waals surface area contributed by atoms with Crippen LogP contribution in [0.5, 0.6) is 5.75 Å². The van der Waals surface area contributed by atoms with Crippen LogP contribution in [0.25, 0.3) is 0 Å². The predicted octanol–water partition coefficient (Wildman–Crippen LogP) is 4.39. The van der Waals surface area contributed by atoms with E-state index in [1.807, 2.05) is 13.0 Å². The Kier molecular flexibility index (Phi) is 6.46. The van der Waals surface area contributed by atoms with Crippen LogP contribution in [0.4, 0.5) is 24.5 Å². The summed E-state index contributed by atoms with van der Waals surface area (Å²) in [6.07, 6.45) is -4.04. The number of aromatic nitrogens is 2. The average Bonchev–Trinajstić information content (AvgIpc) is 3.23. The largest absolute Gasteiger partial charge is 0.493 e. The number of rotatable bonds is 6. The molecule has 0 saturated heterocycles. The van der Waals surface area contributed by atoms with Gasteiger partial charge in [-0.05, 0) is 49.4 Å². The van der Waals surface area contributed by atoms with Gasteiger partial charge in [0.2, 0.25) is 0 Å². The molecule has 2 heterocycles. The molecule has 0 spiro atoms. The van der Waals surface area contributed by atoms with Crippen LogP contribution in [0.1, 0.15) is 39.8 Å². The van der Waals surface area contributed by atoms with Gasteiger partial charge in [0.15, 0.2) is 0 Å². The van der Waals surface area contributed by atoms with Crippen LogP contribution in [0.2, 0.25) is 0 Å². The smallest absolute Gasteiger partial charge is 0.392 e. The molecular formula is C24H20F3N5O3. The third-order valence-corrected chi connectivity index (χ3v) is 5.40. The first kappa shape index (κ1) is 23.8. The lowest BCUT2D eigenvalue weighted by molar-refractivity contribution is -0.139. The van der Waals surface area contributed by atoms with E-state index >= 15 is 0 Å². The second-order valence-corrected chi connectivity index (χ2v) is 7.97. The van der Waals surface area contributed by atoms with E-state index in [2.05, 4.69) is 10.4 Å². The number of nitrogens with zero attached hydrogens (tertiary/aromatic N) is 4. The molecule has 1 aliphatic heterocycles. The highest BCUT2D eigenvalue weighted by molar-refractivity contribution is 6.15. The normalized spacial score (nSPS) is 15.3. The maximum absolute atomic E-state index is 13.4. The van der Waals surface area contributed by atoms with E-state index in [9.17, 15) is 22.8 Å². The first-order valence-corrected chi connectivity index (χ1v) is 10.7. The fourth-order valence-corrected chi connectivity index (χ4v) is 3.79. The number of alkyl halides is 3. The number of hydrogen-bond acceptors (Lipinski definition) is 5. The van der Waals surface area contributed by atoms with Crippen molar-refractivity contribution >= 4 is 23.2 Å². The molecule has 8 nitrogen and oxygen atoms in total. The molecule has 0 radical (unpaired) electrons. The van der Waals surface area contributed by atoms with Gasteiger partial charge >= 0.3 is 6.18 Å². The summed E-state index contributed by atoms with van der Waals surface area (Å²) in [5, 5.41) is 15.9. The van der Waals surface area contributed by atoms with Crippen LogP contribution < -0.4 is 15.0 Å². The third-order valence-electron chi connectivity index (χ3n) is 5.40. The van der Waals surface area contributed by atoms with Crippen molar-refractivity contribution in [1.29, 1.82) is 5.26 Å². The van der Waals surface area contributed by atoms with E-state index in [0.29, 0.717) is 23.5 Å². The lowest BCUT2D eigenvalue weighted by Crippen LogP contribution is -2.47. The van der Waals surface area contributed by atoms with Gasteiger partial charge in [0.25, 0.3) is 11.8 Å². The number of halogens is 3. The quantitative estimate of drug-likeness (QED) is 0.561. The van der Waals surface area contributed by atoms with Crippen molar-refractivity contribution in [3.63, 3.8) is 0 Å². The summed E-state index contributed by atoms with van der Waals surface area (Å²) in [6, 6.07) is 14.2. The number of nitriles is 1. The molecule has 3 aromatic rings. The number of nitrogens with one attached hydrogen (secondary N) is 1. The van der Waals surface area contributed by atoms with Gasteiger partial charge in [-0.3, -0.25) is 14.3 Å². The van der Waals surface area contributed by atoms with Crippen LogP contribution in [0, 0.1) is 11.3 Å². The summed E-state index contributed by atoms with van der Waals surface area (Å²) in [5.74, 6) is -0.736. The second kappa shape index (κ2) is 9.50. The molecule has 1 N–H and O–H groups in total. The molecule has 11 heteroatoms. The van der Waals surface area contributed by atoms with Gasteiger partial charge in [0, 0.05) is 11.4 Å². The van der Waals surface area contributed by atoms with Crippen molar-refractivity contribution in [2.75, 3.05) is 16.8 Å². The summed E-state index contributed by atoms with van der Waals surface area (Å²) in [7, 11) is 0. The minimum absolute atomic E-state index is 0.0846. The Morgan fingerprint density at radius 2 is 2.00 bits per heavy atom. The third kappa shape index (κ3) is 5.27. The van der Waals surface area contributed by atoms with Gasteiger partial charge < -0.3 is 15.0 Å². The molecule has 0 bridgehead atoms. The van der Waals surface area contributed by atoms with Crippen molar-refractivity contribution in [3.8, 4) is 11.8 Å². The Balaban J connectivity index is 1.53. The number of ether oxygens (including phenoxy) is 1. The molecule has 180 valence electrons. The van der Waals surface area contributed by atoms with Gasteiger partial charge in [-0.25, -0.2) is 0 Å². The van der Waals surface area contributed by atoms with Gasteiger partial charge in [0.05, 0.1) is 49.0 Å². The van der Waals surface area contributed by atoms with E-state index in [-0.39, 0.29) is 23.0 Å². The van der Waals surface area contributed by atoms with Crippen LogP contribution >= 0.6 is 0 Å². The Labute approximate surface area is 198 Å². The van der Waals surface area contributed by atoms with Crippen molar-refractivity contribution in [2.24, 2.45) is 0 Å². The molecule has 1 atom stereocenters. The van der Waals surface area contributed by atoms with Crippen molar-refractivity contribution in [1.82, 2.24) is 9.78 Å². The van der Waals surface area contributed by atoms with Gasteiger partial charge in [-0.1, -0.05) is 6.07 Å². The maximum Gasteiger partial charge on any atom is 0.392 e. The number of carbonyl (C=O) groups excluding carboxylic acids is 2. The summed E-state index contributed by atoms with van der Waals surface area (Å²) in [6.45, 7) is 1.66. The Morgan fingerprint density at radius 3 is 2.69 bits per heavy atom. The number of hydrogen-bond donors (Lipinski definition) is 1. The van der Waals surface area contributed by atoms with E-state index < -0.39 is 31.0 Å². The topological polar surface area (TPSA) is 100 Å². The van der Waals surface area contributed by atoms with Crippen LogP contribution in [-0.4, -0.2) is 40.4 Å². The lowest BCUT2D eigenvalue weighted by atomic mass is 10.1. The zero-order valence-electron chi connectivity index (χ0n) is 18.5. The lowest BCUT2D eigenvalue weighted by Gasteiger charge is -2.34. The van der Waals surface area contributed by atoms with Crippen molar-refractivity contribution in [3.05, 3.63) is 71.5 Å². The molecule has 0 fully saturated rings. The van der Waals surface area contributed by atoms with Gasteiger partial charge in [0.1, 0.15) is 11.4 Å². The summed E-state index contributed by atoms with van der Waals surface area (Å²) in [5.41, 5.74) is 1.49. The Bertz CT molecular complexity index is 1290. The first-order valence-electron chi connectivity index (χ1n) is 10.7. The highest BCUT2D eigenvalue weighted by Crippen LogP contribution is 2.29. The summed E-state index contributed by atoms with van der Waals surface area (Å²) < 4.78 is 43.6. The minimum Gasteiger partial charge on any atom is -0.493 e. The highest BCUT2D eigenvalue weighted by Gasteiger charge is 2.36.